The second-order valence-corrected chi connectivity index (χ2v) is 18.2. The van der Waals surface area contributed by atoms with Gasteiger partial charge in [-0.05, 0) is 43.4 Å². The monoisotopic (exact) mass is 766 g/mol. The van der Waals surface area contributed by atoms with E-state index >= 15 is 0 Å². The van der Waals surface area contributed by atoms with E-state index in [1.165, 1.54) is 295 Å². The molecule has 0 atom stereocenters. The molecule has 55 heavy (non-hydrogen) atoms. The molecule has 0 heterocycles. The minimum atomic E-state index is 1.25. The van der Waals surface area contributed by atoms with Crippen LogP contribution in [0.2, 0.25) is 0 Å². The molecule has 0 N–H and O–H groups in total. The van der Waals surface area contributed by atoms with Crippen LogP contribution in [-0.4, -0.2) is 13.1 Å². The highest BCUT2D eigenvalue weighted by Crippen LogP contribution is 2.21. The fourth-order valence-electron chi connectivity index (χ4n) is 8.76. The first-order valence-corrected chi connectivity index (χ1v) is 26.2. The maximum absolute atomic E-state index is 2.75. The minimum absolute atomic E-state index is 1.25. The molecule has 0 radical (unpaired) electrons. The van der Waals surface area contributed by atoms with E-state index in [-0.39, 0.29) is 0 Å². The molecule has 0 unspecified atom stereocenters. The summed E-state index contributed by atoms with van der Waals surface area (Å²) in [7, 11) is 0. The Morgan fingerprint density at radius 1 is 0.255 bits per heavy atom. The first-order valence-electron chi connectivity index (χ1n) is 26.2. The molecule has 0 aromatic heterocycles. The Labute approximate surface area is 349 Å². The molecule has 0 aliphatic rings. The zero-order valence-electron chi connectivity index (χ0n) is 38.6. The summed E-state index contributed by atoms with van der Waals surface area (Å²) in [5, 5.41) is 0. The molecule has 1 aromatic carbocycles. The second kappa shape index (κ2) is 44.1. The zero-order valence-corrected chi connectivity index (χ0v) is 38.6. The van der Waals surface area contributed by atoms with Gasteiger partial charge in [-0.15, -0.1) is 0 Å². The quantitative estimate of drug-likeness (QED) is 0.0598. The van der Waals surface area contributed by atoms with Gasteiger partial charge in [0.05, 0.1) is 0 Å². The third kappa shape index (κ3) is 37.1. The summed E-state index contributed by atoms with van der Waals surface area (Å²) in [6, 6.07) is 9.84. The maximum Gasteiger partial charge on any atom is 0.0366 e. The van der Waals surface area contributed by atoms with Crippen molar-refractivity contribution in [3.63, 3.8) is 0 Å². The minimum Gasteiger partial charge on any atom is -0.372 e. The molecular weight excluding hydrogens is 663 g/mol. The predicted molar refractivity (Wildman–Crippen MR) is 253 cm³/mol. The summed E-state index contributed by atoms with van der Waals surface area (Å²) in [4.78, 5) is 2.75. The normalized spacial score (nSPS) is 11.5. The van der Waals surface area contributed by atoms with E-state index in [9.17, 15) is 0 Å². The highest BCUT2D eigenvalue weighted by Gasteiger charge is 2.07. The Bertz CT molecular complexity index is 792. The van der Waals surface area contributed by atoms with Crippen molar-refractivity contribution in [1.82, 2.24) is 0 Å². The molecule has 0 aliphatic heterocycles. The molecule has 0 bridgehead atoms. The van der Waals surface area contributed by atoms with Crippen LogP contribution >= 0.6 is 0 Å². The molecular formula is C54H103N. The molecule has 1 rings (SSSR count). The average Bonchev–Trinajstić information content (AvgIpc) is 3.20. The zero-order chi connectivity index (χ0) is 39.4. The van der Waals surface area contributed by atoms with Crippen LogP contribution in [0, 0.1) is 0 Å². The second-order valence-electron chi connectivity index (χ2n) is 18.2. The highest BCUT2D eigenvalue weighted by molar-refractivity contribution is 5.47. The third-order valence-corrected chi connectivity index (χ3v) is 12.7. The molecule has 0 spiro atoms. The number of anilines is 1. The molecule has 0 saturated carbocycles. The SMILES string of the molecule is CCCCCCCCCCCCCCCCCCN(CCCCCCCCCCCCCCCCCC)c1ccc(CCCCCCCCCCCC)cc1. The number of rotatable bonds is 46. The number of hydrogen-bond acceptors (Lipinski definition) is 1. The van der Waals surface area contributed by atoms with Crippen LogP contribution in [0.1, 0.15) is 296 Å². The van der Waals surface area contributed by atoms with Gasteiger partial charge in [0.25, 0.3) is 0 Å². The van der Waals surface area contributed by atoms with Gasteiger partial charge in [-0.3, -0.25) is 0 Å². The van der Waals surface area contributed by atoms with E-state index in [1.54, 1.807) is 5.56 Å². The van der Waals surface area contributed by atoms with Crippen LogP contribution < -0.4 is 4.90 Å². The van der Waals surface area contributed by atoms with Gasteiger partial charge in [0.1, 0.15) is 0 Å². The van der Waals surface area contributed by atoms with Gasteiger partial charge in [-0.1, -0.05) is 283 Å². The van der Waals surface area contributed by atoms with E-state index in [1.807, 2.05) is 0 Å². The molecule has 1 aromatic rings. The van der Waals surface area contributed by atoms with E-state index in [0.29, 0.717) is 0 Å². The predicted octanol–water partition coefficient (Wildman–Crippen LogP) is 19.5. The fraction of sp³-hybridized carbons (Fsp3) is 0.889. The molecule has 324 valence electrons. The fourth-order valence-corrected chi connectivity index (χ4v) is 8.76. The van der Waals surface area contributed by atoms with Crippen molar-refractivity contribution < 1.29 is 0 Å². The Kier molecular flexibility index (Phi) is 41.8. The summed E-state index contributed by atoms with van der Waals surface area (Å²) in [5.74, 6) is 0. The number of hydrogen-bond donors (Lipinski definition) is 0. The molecule has 0 aliphatic carbocycles. The molecule has 0 amide bonds. The maximum atomic E-state index is 2.75. The molecule has 0 saturated heterocycles. The van der Waals surface area contributed by atoms with Crippen LogP contribution in [0.15, 0.2) is 24.3 Å². The summed E-state index contributed by atoms with van der Waals surface area (Å²) in [6.07, 6.45) is 61.8. The highest BCUT2D eigenvalue weighted by atomic mass is 15.1. The third-order valence-electron chi connectivity index (χ3n) is 12.7. The number of unbranched alkanes of at least 4 members (excludes halogenated alkanes) is 39. The molecule has 0 fully saturated rings. The van der Waals surface area contributed by atoms with Gasteiger partial charge in [-0.25, -0.2) is 0 Å². The van der Waals surface area contributed by atoms with Crippen LogP contribution in [0.25, 0.3) is 0 Å². The standard InChI is InChI=1S/C54H103N/c1-4-7-10-13-16-19-22-24-26-28-30-32-35-38-41-44-51-55(52-45-42-39-36-33-31-29-27-25-23-20-17-14-11-8-5-2)54-49-47-53(48-50-54)46-43-40-37-34-21-18-15-12-9-6-3/h47-50H,4-46,51-52H2,1-3H3. The van der Waals surface area contributed by atoms with Crippen LogP contribution in [0.5, 0.6) is 0 Å². The lowest BCUT2D eigenvalue weighted by molar-refractivity contribution is 0.524. The van der Waals surface area contributed by atoms with Crippen molar-refractivity contribution in [3.8, 4) is 0 Å². The number of nitrogens with zero attached hydrogens (tertiary/aromatic N) is 1. The number of aryl methyl sites for hydroxylation is 1. The van der Waals surface area contributed by atoms with Crippen molar-refractivity contribution in [2.24, 2.45) is 0 Å². The molecule has 1 nitrogen and oxygen atoms in total. The van der Waals surface area contributed by atoms with Crippen LogP contribution in [-0.2, 0) is 6.42 Å². The van der Waals surface area contributed by atoms with Crippen molar-refractivity contribution in [2.45, 2.75) is 297 Å². The topological polar surface area (TPSA) is 3.24 Å². The van der Waals surface area contributed by atoms with Crippen molar-refractivity contribution in [1.29, 1.82) is 0 Å². The first-order chi connectivity index (χ1) is 27.3. The van der Waals surface area contributed by atoms with E-state index in [2.05, 4.69) is 49.9 Å². The van der Waals surface area contributed by atoms with Crippen molar-refractivity contribution in [3.05, 3.63) is 29.8 Å². The van der Waals surface area contributed by atoms with Crippen LogP contribution in [0.3, 0.4) is 0 Å². The van der Waals surface area contributed by atoms with Gasteiger partial charge in [0, 0.05) is 18.8 Å². The smallest absolute Gasteiger partial charge is 0.0366 e. The van der Waals surface area contributed by atoms with Gasteiger partial charge in [0.2, 0.25) is 0 Å². The lowest BCUT2D eigenvalue weighted by atomic mass is 10.0. The summed E-state index contributed by atoms with van der Waals surface area (Å²) >= 11 is 0. The van der Waals surface area contributed by atoms with E-state index < -0.39 is 0 Å². The van der Waals surface area contributed by atoms with Crippen molar-refractivity contribution >= 4 is 5.69 Å². The van der Waals surface area contributed by atoms with Gasteiger partial charge >= 0.3 is 0 Å². The summed E-state index contributed by atoms with van der Waals surface area (Å²) in [5.41, 5.74) is 3.03. The summed E-state index contributed by atoms with van der Waals surface area (Å²) < 4.78 is 0. The first kappa shape index (κ1) is 52.0. The average molecular weight is 766 g/mol. The Balaban J connectivity index is 2.26. The van der Waals surface area contributed by atoms with E-state index in [0.717, 1.165) is 0 Å². The van der Waals surface area contributed by atoms with Gasteiger partial charge < -0.3 is 4.90 Å². The Morgan fingerprint density at radius 3 is 0.727 bits per heavy atom. The van der Waals surface area contributed by atoms with Gasteiger partial charge in [-0.2, -0.15) is 0 Å². The molecule has 1 heteroatoms. The largest absolute Gasteiger partial charge is 0.372 e. The Hall–Kier alpha value is -0.980. The van der Waals surface area contributed by atoms with Gasteiger partial charge in [0.15, 0.2) is 0 Å². The summed E-state index contributed by atoms with van der Waals surface area (Å²) in [6.45, 7) is 9.44. The van der Waals surface area contributed by atoms with E-state index in [4.69, 9.17) is 0 Å². The van der Waals surface area contributed by atoms with Crippen LogP contribution in [0.4, 0.5) is 5.69 Å². The lowest BCUT2D eigenvalue weighted by Gasteiger charge is -2.25. The van der Waals surface area contributed by atoms with Crippen molar-refractivity contribution in [2.75, 3.05) is 18.0 Å². The number of benzene rings is 1. The Morgan fingerprint density at radius 2 is 0.473 bits per heavy atom. The lowest BCUT2D eigenvalue weighted by Crippen LogP contribution is -2.25.